The van der Waals surface area contributed by atoms with Crippen LogP contribution >= 0.6 is 0 Å². The lowest BCUT2D eigenvalue weighted by molar-refractivity contribution is -0.192. The molecule has 160 valence electrons. The molecule has 0 spiro atoms. The summed E-state index contributed by atoms with van der Waals surface area (Å²) < 4.78 is 4.96. The van der Waals surface area contributed by atoms with E-state index in [9.17, 15) is 24.6 Å². The van der Waals surface area contributed by atoms with Crippen LogP contribution in [-0.4, -0.2) is 46.1 Å². The number of Topliss-reactive ketones (excluding diaryl/α,β-unsaturated/α-hetero) is 1. The van der Waals surface area contributed by atoms with Gasteiger partial charge in [0.05, 0.1) is 5.60 Å². The molecule has 3 saturated carbocycles. The van der Waals surface area contributed by atoms with Gasteiger partial charge in [-0.25, -0.2) is 0 Å². The van der Waals surface area contributed by atoms with Gasteiger partial charge in [0.2, 0.25) is 0 Å². The summed E-state index contributed by atoms with van der Waals surface area (Å²) in [6.45, 7) is 5.07. The summed E-state index contributed by atoms with van der Waals surface area (Å²) in [6.07, 6.45) is 4.76. The number of rotatable bonds is 3. The topological polar surface area (TPSA) is 101 Å². The zero-order chi connectivity index (χ0) is 21.2. The van der Waals surface area contributed by atoms with Crippen molar-refractivity contribution in [3.8, 4) is 0 Å². The van der Waals surface area contributed by atoms with Crippen molar-refractivity contribution in [2.45, 2.75) is 77.4 Å². The molecule has 4 aliphatic carbocycles. The number of aliphatic hydroxyl groups excluding tert-OH is 1. The Kier molecular flexibility index (Phi) is 4.82. The van der Waals surface area contributed by atoms with Gasteiger partial charge in [-0.2, -0.15) is 0 Å². The predicted octanol–water partition coefficient (Wildman–Crippen LogP) is 2.35. The van der Waals surface area contributed by atoms with Gasteiger partial charge in [-0.05, 0) is 55.4 Å². The Bertz CT molecular complexity index is 786. The summed E-state index contributed by atoms with van der Waals surface area (Å²) in [6, 6.07) is 0. The Morgan fingerprint density at radius 2 is 1.97 bits per heavy atom. The van der Waals surface area contributed by atoms with E-state index in [1.807, 2.05) is 6.92 Å². The first-order valence-electron chi connectivity index (χ1n) is 10.8. The molecule has 4 aliphatic rings. The average molecular weight is 405 g/mol. The minimum absolute atomic E-state index is 0.123. The van der Waals surface area contributed by atoms with Gasteiger partial charge in [0.1, 0.15) is 18.5 Å². The Morgan fingerprint density at radius 3 is 2.66 bits per heavy atom. The Labute approximate surface area is 171 Å². The Hall–Kier alpha value is -1.53. The van der Waals surface area contributed by atoms with E-state index >= 15 is 0 Å². The highest BCUT2D eigenvalue weighted by Crippen LogP contribution is 2.67. The maximum absolute atomic E-state index is 13.5. The number of ether oxygens (including phenoxy) is 1. The molecule has 0 aliphatic heterocycles. The van der Waals surface area contributed by atoms with Gasteiger partial charge in [-0.1, -0.05) is 19.4 Å². The lowest BCUT2D eigenvalue weighted by Crippen LogP contribution is -2.62. The summed E-state index contributed by atoms with van der Waals surface area (Å²) in [5, 5.41) is 22.2. The highest BCUT2D eigenvalue weighted by Gasteiger charge is 2.68. The minimum Gasteiger partial charge on any atom is -0.463 e. The number of carbonyl (C=O) groups excluding carboxylic acids is 3. The second-order valence-corrected chi connectivity index (χ2v) is 10.2. The van der Waals surface area contributed by atoms with E-state index in [0.29, 0.717) is 19.3 Å². The quantitative estimate of drug-likeness (QED) is 0.701. The fraction of sp³-hybridized carbons (Fsp3) is 0.783. The van der Waals surface area contributed by atoms with Crippen molar-refractivity contribution in [2.24, 2.45) is 28.6 Å². The smallest absolute Gasteiger partial charge is 0.302 e. The maximum Gasteiger partial charge on any atom is 0.302 e. The minimum atomic E-state index is -1.45. The van der Waals surface area contributed by atoms with Crippen molar-refractivity contribution >= 4 is 17.5 Å². The molecular formula is C23H32O6. The average Bonchev–Trinajstić information content (AvgIpc) is 2.91. The number of esters is 1. The monoisotopic (exact) mass is 404 g/mol. The third-order valence-electron chi connectivity index (χ3n) is 8.87. The Morgan fingerprint density at radius 1 is 1.24 bits per heavy atom. The van der Waals surface area contributed by atoms with Crippen molar-refractivity contribution < 1.29 is 29.3 Å². The van der Waals surface area contributed by atoms with Crippen molar-refractivity contribution in [3.05, 3.63) is 11.6 Å². The first-order valence-corrected chi connectivity index (χ1v) is 10.8. The SMILES string of the molecule is CC(=O)OCC(O)[C@@]1(O)CCC2C3CCC4=CC(=O)CCC4(C)C3C(=O)CC21C. The normalized spacial score (nSPS) is 45.0. The lowest BCUT2D eigenvalue weighted by atomic mass is 9.45. The summed E-state index contributed by atoms with van der Waals surface area (Å²) >= 11 is 0. The highest BCUT2D eigenvalue weighted by atomic mass is 16.5. The van der Waals surface area contributed by atoms with Crippen LogP contribution in [0.3, 0.4) is 0 Å². The summed E-state index contributed by atoms with van der Waals surface area (Å²) in [4.78, 5) is 36.6. The molecule has 0 saturated heterocycles. The molecule has 6 nitrogen and oxygen atoms in total. The van der Waals surface area contributed by atoms with Crippen LogP contribution in [-0.2, 0) is 19.1 Å². The third-order valence-corrected chi connectivity index (χ3v) is 8.87. The van der Waals surface area contributed by atoms with Gasteiger partial charge in [0.15, 0.2) is 5.78 Å². The van der Waals surface area contributed by atoms with Gasteiger partial charge >= 0.3 is 5.97 Å². The van der Waals surface area contributed by atoms with Crippen LogP contribution in [0.15, 0.2) is 11.6 Å². The molecule has 3 fully saturated rings. The molecule has 0 heterocycles. The van der Waals surface area contributed by atoms with Crippen LogP contribution in [0.25, 0.3) is 0 Å². The van der Waals surface area contributed by atoms with Crippen LogP contribution in [0.5, 0.6) is 0 Å². The molecular weight excluding hydrogens is 372 g/mol. The zero-order valence-corrected chi connectivity index (χ0v) is 17.6. The van der Waals surface area contributed by atoms with Crippen LogP contribution < -0.4 is 0 Å². The summed E-state index contributed by atoms with van der Waals surface area (Å²) in [5.74, 6) is -0.0612. The second-order valence-electron chi connectivity index (χ2n) is 10.2. The molecule has 0 aromatic carbocycles. The molecule has 7 atom stereocenters. The number of ketones is 2. The van der Waals surface area contributed by atoms with Crippen molar-refractivity contribution in [1.82, 2.24) is 0 Å². The lowest BCUT2D eigenvalue weighted by Gasteiger charge is -2.58. The number of hydrogen-bond donors (Lipinski definition) is 2. The molecule has 2 N–H and O–H groups in total. The molecule has 0 amide bonds. The van der Waals surface area contributed by atoms with Gasteiger partial charge in [0, 0.05) is 31.1 Å². The first kappa shape index (κ1) is 20.7. The van der Waals surface area contributed by atoms with Crippen molar-refractivity contribution in [1.29, 1.82) is 0 Å². The summed E-state index contributed by atoms with van der Waals surface area (Å²) in [7, 11) is 0. The first-order chi connectivity index (χ1) is 13.5. The predicted molar refractivity (Wildman–Crippen MR) is 105 cm³/mol. The standard InChI is InChI=1S/C23H32O6/c1-13(24)29-12-19(27)23(28)9-7-17-16-5-4-14-10-15(25)6-8-21(14,2)20(16)18(26)11-22(17,23)3/h10,16-17,19-20,27-28H,4-9,11-12H2,1-3H3/t16?,17?,19?,20?,21?,22?,23-/m0/s1. The van der Waals surface area contributed by atoms with E-state index < -0.39 is 23.1 Å². The molecule has 0 aromatic rings. The number of carbonyl (C=O) groups is 3. The van der Waals surface area contributed by atoms with E-state index in [1.165, 1.54) is 6.92 Å². The van der Waals surface area contributed by atoms with Gasteiger partial charge in [-0.3, -0.25) is 14.4 Å². The molecule has 6 unspecified atom stereocenters. The van der Waals surface area contributed by atoms with Crippen molar-refractivity contribution in [2.75, 3.05) is 6.61 Å². The fourth-order valence-corrected chi connectivity index (χ4v) is 7.30. The number of allylic oxidation sites excluding steroid dienone is 1. The zero-order valence-electron chi connectivity index (χ0n) is 17.6. The molecule has 6 heteroatoms. The van der Waals surface area contributed by atoms with Crippen LogP contribution in [0, 0.1) is 28.6 Å². The van der Waals surface area contributed by atoms with E-state index in [2.05, 4.69) is 6.92 Å². The fourth-order valence-electron chi connectivity index (χ4n) is 7.30. The van der Waals surface area contributed by atoms with E-state index in [1.54, 1.807) is 6.08 Å². The molecule has 0 aromatic heterocycles. The van der Waals surface area contributed by atoms with Crippen molar-refractivity contribution in [3.63, 3.8) is 0 Å². The highest BCUT2D eigenvalue weighted by molar-refractivity contribution is 5.93. The Balaban J connectivity index is 1.66. The van der Waals surface area contributed by atoms with Crippen LogP contribution in [0.1, 0.15) is 65.7 Å². The van der Waals surface area contributed by atoms with Gasteiger partial charge < -0.3 is 14.9 Å². The second kappa shape index (κ2) is 6.74. The van der Waals surface area contributed by atoms with E-state index in [4.69, 9.17) is 4.74 Å². The number of hydrogen-bond acceptors (Lipinski definition) is 6. The van der Waals surface area contributed by atoms with E-state index in [-0.39, 0.29) is 47.8 Å². The molecule has 0 bridgehead atoms. The molecule has 4 rings (SSSR count). The van der Waals surface area contributed by atoms with Gasteiger partial charge in [-0.15, -0.1) is 0 Å². The number of aliphatic hydroxyl groups is 2. The maximum atomic E-state index is 13.5. The van der Waals surface area contributed by atoms with Crippen LogP contribution in [0.2, 0.25) is 0 Å². The van der Waals surface area contributed by atoms with Gasteiger partial charge in [0.25, 0.3) is 0 Å². The third kappa shape index (κ3) is 2.86. The van der Waals surface area contributed by atoms with E-state index in [0.717, 1.165) is 24.8 Å². The number of fused-ring (bicyclic) bond motifs is 5. The molecule has 29 heavy (non-hydrogen) atoms. The van der Waals surface area contributed by atoms with Crippen LogP contribution in [0.4, 0.5) is 0 Å². The summed E-state index contributed by atoms with van der Waals surface area (Å²) in [5.41, 5.74) is -1.35. The largest absolute Gasteiger partial charge is 0.463 e. The molecule has 0 radical (unpaired) electrons.